The first-order valence-corrected chi connectivity index (χ1v) is 8.53. The molecular formula is C18H27ClN2O4. The van der Waals surface area contributed by atoms with E-state index in [9.17, 15) is 9.59 Å². The van der Waals surface area contributed by atoms with Gasteiger partial charge in [-0.3, -0.25) is 14.4 Å². The Morgan fingerprint density at radius 3 is 2.36 bits per heavy atom. The third-order valence-corrected chi connectivity index (χ3v) is 4.56. The molecule has 0 unspecified atom stereocenters. The third kappa shape index (κ3) is 5.70. The summed E-state index contributed by atoms with van der Waals surface area (Å²) in [5.74, 6) is -1.08. The summed E-state index contributed by atoms with van der Waals surface area (Å²) in [5.41, 5.74) is 5.52. The summed E-state index contributed by atoms with van der Waals surface area (Å²) in [6.45, 7) is 0.529. The predicted molar refractivity (Wildman–Crippen MR) is 97.6 cm³/mol. The number of carbonyl (C=O) groups is 2. The molecule has 7 heteroatoms. The van der Waals surface area contributed by atoms with Crippen molar-refractivity contribution in [3.63, 3.8) is 0 Å². The maximum atomic E-state index is 13.0. The second-order valence-electron chi connectivity index (χ2n) is 6.27. The van der Waals surface area contributed by atoms with E-state index in [0.29, 0.717) is 18.5 Å². The molecule has 0 spiro atoms. The first kappa shape index (κ1) is 21.4. The molecule has 6 nitrogen and oxygen atoms in total. The minimum absolute atomic E-state index is 0. The molecule has 0 heterocycles. The maximum absolute atomic E-state index is 13.0. The summed E-state index contributed by atoms with van der Waals surface area (Å²) in [6, 6.07) is 8.95. The maximum Gasteiger partial charge on any atom is 0.303 e. The number of amides is 1. The van der Waals surface area contributed by atoms with Crippen molar-refractivity contribution in [2.24, 2.45) is 5.73 Å². The third-order valence-electron chi connectivity index (χ3n) is 4.56. The van der Waals surface area contributed by atoms with Crippen LogP contribution in [-0.2, 0) is 9.63 Å². The second-order valence-corrected chi connectivity index (χ2v) is 6.27. The number of carboxylic acid groups (broad SMARTS) is 1. The SMILES string of the molecule is Cl.NCCON(C(=O)c1ccccc1)C1(CCC(=O)O)CCCCC1. The molecule has 140 valence electrons. The van der Waals surface area contributed by atoms with E-state index in [-0.39, 0.29) is 31.3 Å². The molecule has 2 rings (SSSR count). The Labute approximate surface area is 154 Å². The largest absolute Gasteiger partial charge is 0.481 e. The molecule has 0 saturated heterocycles. The number of aliphatic carboxylic acids is 1. The van der Waals surface area contributed by atoms with Crippen molar-refractivity contribution >= 4 is 24.3 Å². The van der Waals surface area contributed by atoms with Crippen LogP contribution in [0.5, 0.6) is 0 Å². The van der Waals surface area contributed by atoms with E-state index in [2.05, 4.69) is 0 Å². The molecule has 0 bridgehead atoms. The number of hydroxylamine groups is 2. The van der Waals surface area contributed by atoms with E-state index < -0.39 is 11.5 Å². The molecule has 1 aliphatic carbocycles. The number of rotatable bonds is 8. The van der Waals surface area contributed by atoms with Gasteiger partial charge in [-0.1, -0.05) is 37.5 Å². The fourth-order valence-corrected chi connectivity index (χ4v) is 3.36. The number of halogens is 1. The van der Waals surface area contributed by atoms with Crippen LogP contribution in [0.4, 0.5) is 0 Å². The zero-order valence-electron chi connectivity index (χ0n) is 14.4. The topological polar surface area (TPSA) is 92.9 Å². The first-order chi connectivity index (χ1) is 11.6. The summed E-state index contributed by atoms with van der Waals surface area (Å²) in [7, 11) is 0. The molecule has 0 atom stereocenters. The van der Waals surface area contributed by atoms with Crippen LogP contribution in [0.1, 0.15) is 55.3 Å². The Bertz CT molecular complexity index is 547. The minimum Gasteiger partial charge on any atom is -0.481 e. The van der Waals surface area contributed by atoms with Crippen LogP contribution < -0.4 is 5.73 Å². The highest BCUT2D eigenvalue weighted by Gasteiger charge is 2.42. The fraction of sp³-hybridized carbons (Fsp3) is 0.556. The van der Waals surface area contributed by atoms with Gasteiger partial charge in [0, 0.05) is 18.5 Å². The lowest BCUT2D eigenvalue weighted by molar-refractivity contribution is -0.195. The summed E-state index contributed by atoms with van der Waals surface area (Å²) in [4.78, 5) is 29.9. The molecule has 0 aliphatic heterocycles. The molecule has 1 saturated carbocycles. The van der Waals surface area contributed by atoms with Crippen molar-refractivity contribution in [3.05, 3.63) is 35.9 Å². The Morgan fingerprint density at radius 2 is 1.80 bits per heavy atom. The van der Waals surface area contributed by atoms with E-state index in [1.54, 1.807) is 24.3 Å². The smallest absolute Gasteiger partial charge is 0.303 e. The zero-order valence-corrected chi connectivity index (χ0v) is 15.2. The highest BCUT2D eigenvalue weighted by Crippen LogP contribution is 2.38. The molecule has 1 aliphatic rings. The number of benzene rings is 1. The van der Waals surface area contributed by atoms with Crippen LogP contribution in [0.3, 0.4) is 0 Å². The van der Waals surface area contributed by atoms with Gasteiger partial charge in [-0.25, -0.2) is 5.06 Å². The Hall–Kier alpha value is -1.63. The molecule has 0 aromatic heterocycles. The molecular weight excluding hydrogens is 344 g/mol. The van der Waals surface area contributed by atoms with Gasteiger partial charge in [0.2, 0.25) is 0 Å². The normalized spacial score (nSPS) is 15.9. The first-order valence-electron chi connectivity index (χ1n) is 8.53. The number of nitrogens with two attached hydrogens (primary N) is 1. The predicted octanol–water partition coefficient (Wildman–Crippen LogP) is 3.01. The summed E-state index contributed by atoms with van der Waals surface area (Å²) in [5, 5.41) is 10.5. The molecule has 1 fully saturated rings. The average molecular weight is 371 g/mol. The van der Waals surface area contributed by atoms with Gasteiger partial charge in [0.25, 0.3) is 5.91 Å². The lowest BCUT2D eigenvalue weighted by Crippen LogP contribution is -2.53. The van der Waals surface area contributed by atoms with Crippen molar-refractivity contribution in [2.45, 2.75) is 50.5 Å². The molecule has 1 aromatic rings. The van der Waals surface area contributed by atoms with E-state index in [4.69, 9.17) is 15.7 Å². The van der Waals surface area contributed by atoms with Gasteiger partial charge < -0.3 is 10.8 Å². The monoisotopic (exact) mass is 370 g/mol. The van der Waals surface area contributed by atoms with Crippen LogP contribution >= 0.6 is 12.4 Å². The van der Waals surface area contributed by atoms with Gasteiger partial charge in [-0.05, 0) is 31.4 Å². The highest BCUT2D eigenvalue weighted by molar-refractivity contribution is 5.94. The molecule has 3 N–H and O–H groups in total. The van der Waals surface area contributed by atoms with E-state index in [0.717, 1.165) is 32.1 Å². The highest BCUT2D eigenvalue weighted by atomic mass is 35.5. The van der Waals surface area contributed by atoms with Gasteiger partial charge in [0.1, 0.15) is 0 Å². The van der Waals surface area contributed by atoms with Gasteiger partial charge in [-0.2, -0.15) is 0 Å². The van der Waals surface area contributed by atoms with Crippen molar-refractivity contribution in [1.29, 1.82) is 0 Å². The summed E-state index contributed by atoms with van der Waals surface area (Å²) < 4.78 is 0. The van der Waals surface area contributed by atoms with Crippen molar-refractivity contribution < 1.29 is 19.5 Å². The van der Waals surface area contributed by atoms with Crippen LogP contribution in [0.2, 0.25) is 0 Å². The van der Waals surface area contributed by atoms with Crippen LogP contribution in [0.15, 0.2) is 30.3 Å². The Kier molecular flexibility index (Phi) is 8.89. The van der Waals surface area contributed by atoms with Crippen LogP contribution in [0.25, 0.3) is 0 Å². The van der Waals surface area contributed by atoms with E-state index in [1.165, 1.54) is 5.06 Å². The lowest BCUT2D eigenvalue weighted by atomic mass is 9.78. The Balaban J connectivity index is 0.00000312. The number of carboxylic acids is 1. The number of nitrogens with zero attached hydrogens (tertiary/aromatic N) is 1. The van der Waals surface area contributed by atoms with Crippen molar-refractivity contribution in [3.8, 4) is 0 Å². The molecule has 1 amide bonds. The number of carbonyl (C=O) groups excluding carboxylic acids is 1. The Morgan fingerprint density at radius 1 is 1.16 bits per heavy atom. The van der Waals surface area contributed by atoms with Gasteiger partial charge in [-0.15, -0.1) is 12.4 Å². The minimum atomic E-state index is -0.856. The lowest BCUT2D eigenvalue weighted by Gasteiger charge is -2.45. The molecule has 25 heavy (non-hydrogen) atoms. The molecule has 0 radical (unpaired) electrons. The average Bonchev–Trinajstić information content (AvgIpc) is 2.62. The van der Waals surface area contributed by atoms with Crippen molar-refractivity contribution in [1.82, 2.24) is 5.06 Å². The van der Waals surface area contributed by atoms with E-state index >= 15 is 0 Å². The van der Waals surface area contributed by atoms with Gasteiger partial charge >= 0.3 is 5.97 Å². The fourth-order valence-electron chi connectivity index (χ4n) is 3.36. The number of hydrogen-bond acceptors (Lipinski definition) is 4. The van der Waals surface area contributed by atoms with Gasteiger partial charge in [0.15, 0.2) is 0 Å². The van der Waals surface area contributed by atoms with E-state index in [1.807, 2.05) is 6.07 Å². The summed E-state index contributed by atoms with van der Waals surface area (Å²) in [6.07, 6.45) is 4.94. The standard InChI is InChI=1S/C18H26N2O4.ClH/c19-13-14-24-20(17(23)15-7-3-1-4-8-15)18(12-9-16(21)22)10-5-2-6-11-18;/h1,3-4,7-8H,2,5-6,9-14,19H2,(H,21,22);1H. The van der Waals surface area contributed by atoms with Crippen LogP contribution in [-0.4, -0.2) is 40.7 Å². The van der Waals surface area contributed by atoms with Crippen molar-refractivity contribution in [2.75, 3.05) is 13.2 Å². The number of hydrogen-bond donors (Lipinski definition) is 2. The quantitative estimate of drug-likeness (QED) is 0.686. The summed E-state index contributed by atoms with van der Waals surface area (Å²) >= 11 is 0. The molecule has 1 aromatic carbocycles. The van der Waals surface area contributed by atoms with Gasteiger partial charge in [0.05, 0.1) is 12.1 Å². The second kappa shape index (κ2) is 10.4. The van der Waals surface area contributed by atoms with Crippen LogP contribution in [0, 0.1) is 0 Å². The zero-order chi connectivity index (χ0) is 17.4.